The minimum atomic E-state index is -0.454. The topological polar surface area (TPSA) is 122 Å². The van der Waals surface area contributed by atoms with E-state index in [1.54, 1.807) is 19.3 Å². The van der Waals surface area contributed by atoms with Crippen LogP contribution in [0.1, 0.15) is 24.3 Å². The Morgan fingerprint density at radius 2 is 2.11 bits per heavy atom. The van der Waals surface area contributed by atoms with Gasteiger partial charge in [-0.2, -0.15) is 15.0 Å². The van der Waals surface area contributed by atoms with Gasteiger partial charge in [0.05, 0.1) is 30.9 Å². The monoisotopic (exact) mass is 376 g/mol. The highest BCUT2D eigenvalue weighted by Crippen LogP contribution is 2.27. The number of morpholine rings is 1. The van der Waals surface area contributed by atoms with Crippen LogP contribution in [0.3, 0.4) is 0 Å². The van der Waals surface area contributed by atoms with Gasteiger partial charge in [-0.3, -0.25) is 10.1 Å². The van der Waals surface area contributed by atoms with Crippen molar-refractivity contribution in [3.63, 3.8) is 0 Å². The second-order valence-corrected chi connectivity index (χ2v) is 6.56. The van der Waals surface area contributed by atoms with Crippen molar-refractivity contribution in [2.24, 2.45) is 12.8 Å². The first kappa shape index (κ1) is 19.2. The van der Waals surface area contributed by atoms with E-state index in [1.807, 2.05) is 13.0 Å². The number of aryl methyl sites for hydroxylation is 1. The minimum Gasteiger partial charge on any atom is -0.378 e. The van der Waals surface area contributed by atoms with E-state index in [4.69, 9.17) is 15.2 Å². The van der Waals surface area contributed by atoms with E-state index in [9.17, 15) is 10.1 Å². The lowest BCUT2D eigenvalue weighted by atomic mass is 10.1. The average molecular weight is 376 g/mol. The van der Waals surface area contributed by atoms with E-state index in [2.05, 4.69) is 15.1 Å². The number of hydrogen-bond donors (Lipinski definition) is 1. The fourth-order valence-electron chi connectivity index (χ4n) is 3.03. The van der Waals surface area contributed by atoms with Crippen molar-refractivity contribution in [3.05, 3.63) is 45.8 Å². The first-order chi connectivity index (χ1) is 12.9. The fourth-order valence-corrected chi connectivity index (χ4v) is 3.03. The van der Waals surface area contributed by atoms with Crippen LogP contribution in [0.4, 0.5) is 11.4 Å². The van der Waals surface area contributed by atoms with Gasteiger partial charge in [-0.05, 0) is 18.6 Å². The number of nitrogens with two attached hydrogens (primary N) is 1. The van der Waals surface area contributed by atoms with Crippen LogP contribution in [0.15, 0.2) is 24.4 Å². The Hall–Kier alpha value is -2.56. The molecule has 146 valence electrons. The number of ether oxygens (including phenoxy) is 2. The van der Waals surface area contributed by atoms with Crippen molar-refractivity contribution in [1.82, 2.24) is 15.0 Å². The summed E-state index contributed by atoms with van der Waals surface area (Å²) in [4.78, 5) is 14.5. The molecule has 3 rings (SSSR count). The number of hydrogen-bond acceptors (Lipinski definition) is 8. The number of nitrogens with zero attached hydrogens (tertiary/aromatic N) is 5. The molecule has 0 spiro atoms. The molecule has 2 aromatic rings. The van der Waals surface area contributed by atoms with E-state index in [0.29, 0.717) is 37.6 Å². The number of non-ortho nitro benzene ring substituents is 1. The summed E-state index contributed by atoms with van der Waals surface area (Å²) in [5, 5.41) is 19.6. The minimum absolute atomic E-state index is 0.0365. The molecule has 1 aromatic heterocycles. The molecule has 0 aliphatic carbocycles. The van der Waals surface area contributed by atoms with Crippen LogP contribution in [-0.2, 0) is 23.1 Å². The highest BCUT2D eigenvalue weighted by molar-refractivity contribution is 5.56. The molecule has 0 radical (unpaired) electrons. The first-order valence-electron chi connectivity index (χ1n) is 8.78. The lowest BCUT2D eigenvalue weighted by Gasteiger charge is -2.29. The molecular formula is C17H24N6O4. The number of anilines is 1. The van der Waals surface area contributed by atoms with Crippen LogP contribution in [0.5, 0.6) is 0 Å². The molecule has 2 N–H and O–H groups in total. The number of benzene rings is 1. The molecule has 10 heteroatoms. The molecule has 1 aromatic carbocycles. The summed E-state index contributed by atoms with van der Waals surface area (Å²) in [6.45, 7) is 4.61. The second-order valence-electron chi connectivity index (χ2n) is 6.56. The Bertz CT molecular complexity index is 787. The summed E-state index contributed by atoms with van der Waals surface area (Å²) in [6.07, 6.45) is 1.16. The van der Waals surface area contributed by atoms with Gasteiger partial charge >= 0.3 is 0 Å². The molecule has 1 aliphatic heterocycles. The van der Waals surface area contributed by atoms with Gasteiger partial charge in [0.25, 0.3) is 5.69 Å². The van der Waals surface area contributed by atoms with E-state index in [0.717, 1.165) is 5.69 Å². The maximum Gasteiger partial charge on any atom is 0.271 e. The molecule has 27 heavy (non-hydrogen) atoms. The zero-order valence-electron chi connectivity index (χ0n) is 15.4. The van der Waals surface area contributed by atoms with Gasteiger partial charge in [0, 0.05) is 44.0 Å². The van der Waals surface area contributed by atoms with Crippen molar-refractivity contribution in [1.29, 1.82) is 0 Å². The fraction of sp³-hybridized carbons (Fsp3) is 0.529. The van der Waals surface area contributed by atoms with Crippen LogP contribution in [0, 0.1) is 10.1 Å². The molecule has 1 saturated heterocycles. The van der Waals surface area contributed by atoms with Crippen molar-refractivity contribution in [3.8, 4) is 0 Å². The summed E-state index contributed by atoms with van der Waals surface area (Å²) in [6, 6.07) is 4.71. The molecule has 2 unspecified atom stereocenters. The van der Waals surface area contributed by atoms with Gasteiger partial charge < -0.3 is 20.1 Å². The van der Waals surface area contributed by atoms with Crippen molar-refractivity contribution in [2.45, 2.75) is 25.7 Å². The highest BCUT2D eigenvalue weighted by atomic mass is 16.6. The molecule has 10 nitrogen and oxygen atoms in total. The van der Waals surface area contributed by atoms with Crippen LogP contribution >= 0.6 is 0 Å². The van der Waals surface area contributed by atoms with Crippen LogP contribution in [0.25, 0.3) is 0 Å². The Balaban J connectivity index is 1.80. The van der Waals surface area contributed by atoms with Gasteiger partial charge in [0.15, 0.2) is 0 Å². The number of rotatable bonds is 7. The lowest BCUT2D eigenvalue weighted by molar-refractivity contribution is -0.384. The summed E-state index contributed by atoms with van der Waals surface area (Å²) in [5.41, 5.74) is 8.20. The van der Waals surface area contributed by atoms with E-state index in [-0.39, 0.29) is 23.3 Å². The zero-order valence-corrected chi connectivity index (χ0v) is 15.4. The molecule has 2 heterocycles. The van der Waals surface area contributed by atoms with E-state index >= 15 is 0 Å². The summed E-state index contributed by atoms with van der Waals surface area (Å²) >= 11 is 0. The second kappa shape index (κ2) is 8.42. The Morgan fingerprint density at radius 3 is 2.70 bits per heavy atom. The van der Waals surface area contributed by atoms with Gasteiger partial charge in [-0.15, -0.1) is 0 Å². The highest BCUT2D eigenvalue weighted by Gasteiger charge is 2.22. The molecule has 0 amide bonds. The summed E-state index contributed by atoms with van der Waals surface area (Å²) in [7, 11) is 1.72. The maximum absolute atomic E-state index is 11.3. The molecular weight excluding hydrogens is 352 g/mol. The standard InChI is InChI=1S/C17H24N6O4/c1-12(18)17(16-10-19-21(2)20-16)27-11-13-7-14(9-15(8-13)23(24)25)22-3-5-26-6-4-22/h7-10,12,17H,3-6,11,18H2,1-2H3. The molecule has 1 aliphatic rings. The van der Waals surface area contributed by atoms with Crippen molar-refractivity contribution >= 4 is 11.4 Å². The lowest BCUT2D eigenvalue weighted by Crippen LogP contribution is -2.36. The van der Waals surface area contributed by atoms with Crippen LogP contribution in [0.2, 0.25) is 0 Å². The Labute approximate surface area is 157 Å². The van der Waals surface area contributed by atoms with Gasteiger partial charge in [-0.25, -0.2) is 0 Å². The SMILES string of the molecule is CC(N)C(OCc1cc(N2CCOCC2)cc([N+](=O)[O-])c1)c1cnn(C)n1. The van der Waals surface area contributed by atoms with Gasteiger partial charge in [0.1, 0.15) is 11.8 Å². The van der Waals surface area contributed by atoms with Crippen LogP contribution < -0.4 is 10.6 Å². The van der Waals surface area contributed by atoms with Gasteiger partial charge in [0.2, 0.25) is 0 Å². The van der Waals surface area contributed by atoms with E-state index in [1.165, 1.54) is 10.9 Å². The normalized spacial score (nSPS) is 16.9. The predicted octanol–water partition coefficient (Wildman–Crippen LogP) is 1.16. The van der Waals surface area contributed by atoms with Gasteiger partial charge in [-0.1, -0.05) is 0 Å². The summed E-state index contributed by atoms with van der Waals surface area (Å²) < 4.78 is 11.3. The quantitative estimate of drug-likeness (QED) is 0.564. The van der Waals surface area contributed by atoms with Crippen LogP contribution in [-0.4, -0.2) is 52.3 Å². The molecule has 2 atom stereocenters. The van der Waals surface area contributed by atoms with E-state index < -0.39 is 6.10 Å². The maximum atomic E-state index is 11.3. The first-order valence-corrected chi connectivity index (χ1v) is 8.78. The smallest absolute Gasteiger partial charge is 0.271 e. The largest absolute Gasteiger partial charge is 0.378 e. The van der Waals surface area contributed by atoms with Crippen molar-refractivity contribution < 1.29 is 14.4 Å². The number of nitro benzene ring substituents is 1. The molecule has 1 fully saturated rings. The average Bonchev–Trinajstić information content (AvgIpc) is 3.08. The number of aromatic nitrogens is 3. The molecule has 0 saturated carbocycles. The molecule has 0 bridgehead atoms. The Kier molecular flexibility index (Phi) is 5.99. The zero-order chi connectivity index (χ0) is 19.4. The third kappa shape index (κ3) is 4.79. The Morgan fingerprint density at radius 1 is 1.37 bits per heavy atom. The van der Waals surface area contributed by atoms with Crippen molar-refractivity contribution in [2.75, 3.05) is 31.2 Å². The number of nitro groups is 1. The third-order valence-corrected chi connectivity index (χ3v) is 4.37. The summed E-state index contributed by atoms with van der Waals surface area (Å²) in [5.74, 6) is 0. The predicted molar refractivity (Wildman–Crippen MR) is 98.3 cm³/mol. The third-order valence-electron chi connectivity index (χ3n) is 4.37.